The van der Waals surface area contributed by atoms with Crippen molar-refractivity contribution in [3.63, 3.8) is 0 Å². The maximum Gasteiger partial charge on any atom is 0.268 e. The van der Waals surface area contributed by atoms with Gasteiger partial charge in [-0.05, 0) is 13.8 Å². The second-order valence-corrected chi connectivity index (χ2v) is 5.96. The molecule has 0 aromatic rings. The van der Waals surface area contributed by atoms with Crippen LogP contribution in [0.15, 0.2) is 0 Å². The van der Waals surface area contributed by atoms with Crippen LogP contribution in [0, 0.1) is 6.42 Å². The van der Waals surface area contributed by atoms with E-state index in [1.807, 2.05) is 6.42 Å². The Morgan fingerprint density at radius 1 is 0.923 bits per heavy atom. The summed E-state index contributed by atoms with van der Waals surface area (Å²) in [6.45, 7) is 2.11. The van der Waals surface area contributed by atoms with Gasteiger partial charge in [0, 0.05) is 6.42 Å². The fraction of sp³-hybridized carbons (Fsp3) is 0.800. The first kappa shape index (κ1) is 12.8. The van der Waals surface area contributed by atoms with Crippen LogP contribution in [-0.2, 0) is 20.2 Å². The highest BCUT2D eigenvalue weighted by atomic mass is 32.2. The monoisotopic (exact) mass is 230 g/mol. The molecule has 0 aliphatic heterocycles. The maximum atomic E-state index is 10.4. The van der Waals surface area contributed by atoms with Crippen molar-refractivity contribution in [1.29, 1.82) is 0 Å². The molecule has 13 heavy (non-hydrogen) atoms. The van der Waals surface area contributed by atoms with Gasteiger partial charge >= 0.3 is 0 Å². The normalized spacial score (nSPS) is 18.2. The Hall–Kier alpha value is -0.180. The van der Waals surface area contributed by atoms with Gasteiger partial charge in [0.1, 0.15) is 0 Å². The lowest BCUT2D eigenvalue weighted by Gasteiger charge is -2.10. The summed E-state index contributed by atoms with van der Waals surface area (Å²) in [7, 11) is -8.69. The minimum absolute atomic E-state index is 1.05. The van der Waals surface area contributed by atoms with Gasteiger partial charge in [0.15, 0.2) is 0 Å². The van der Waals surface area contributed by atoms with Crippen LogP contribution >= 0.6 is 0 Å². The third-order valence-electron chi connectivity index (χ3n) is 1.36. The Morgan fingerprint density at radius 3 is 1.31 bits per heavy atom. The largest absolute Gasteiger partial charge is 0.285 e. The molecule has 0 amide bonds. The first-order chi connectivity index (χ1) is 5.55. The molecule has 6 nitrogen and oxygen atoms in total. The summed E-state index contributed by atoms with van der Waals surface area (Å²) >= 11 is 0. The average Bonchev–Trinajstić information content (AvgIpc) is 1.82. The highest BCUT2D eigenvalue weighted by molar-refractivity contribution is 7.87. The smallest absolute Gasteiger partial charge is 0.268 e. The van der Waals surface area contributed by atoms with E-state index in [1.165, 1.54) is 0 Å². The summed E-state index contributed by atoms with van der Waals surface area (Å²) < 4.78 is 58.5. The molecule has 0 aliphatic carbocycles. The molecule has 0 saturated carbocycles. The average molecular weight is 230 g/mol. The van der Waals surface area contributed by atoms with Crippen LogP contribution in [0.2, 0.25) is 0 Å². The number of rotatable bonds is 4. The molecule has 8 heteroatoms. The third-order valence-corrected chi connectivity index (χ3v) is 3.42. The zero-order chi connectivity index (χ0) is 10.9. The lowest BCUT2D eigenvalue weighted by atomic mass is 10.3. The summed E-state index contributed by atoms with van der Waals surface area (Å²) in [5, 5.41) is -2.91. The van der Waals surface area contributed by atoms with Gasteiger partial charge in [-0.1, -0.05) is 0 Å². The van der Waals surface area contributed by atoms with Crippen molar-refractivity contribution in [3.8, 4) is 0 Å². The molecule has 2 atom stereocenters. The van der Waals surface area contributed by atoms with Crippen molar-refractivity contribution in [1.82, 2.24) is 0 Å². The molecule has 0 heterocycles. The summed E-state index contributed by atoms with van der Waals surface area (Å²) in [6.07, 6.45) is 1.98. The molecule has 78 valence electrons. The van der Waals surface area contributed by atoms with Crippen molar-refractivity contribution in [3.05, 3.63) is 6.42 Å². The Labute approximate surface area is 77.5 Å². The van der Waals surface area contributed by atoms with Crippen molar-refractivity contribution in [2.45, 2.75) is 24.3 Å². The van der Waals surface area contributed by atoms with Crippen molar-refractivity contribution < 1.29 is 25.9 Å². The van der Waals surface area contributed by atoms with Gasteiger partial charge in [-0.3, -0.25) is 9.11 Å². The molecule has 2 unspecified atom stereocenters. The number of hydrogen-bond donors (Lipinski definition) is 2. The molecule has 2 radical (unpaired) electrons. The SMILES string of the molecule is CC([C]C(C)S(=O)(=O)O)S(=O)(=O)O. The Kier molecular flexibility index (Phi) is 3.85. The van der Waals surface area contributed by atoms with Crippen LogP contribution in [0.1, 0.15) is 13.8 Å². The molecule has 0 aliphatic rings. The number of hydrogen-bond acceptors (Lipinski definition) is 4. The Balaban J connectivity index is 4.50. The van der Waals surface area contributed by atoms with E-state index in [2.05, 4.69) is 0 Å². The maximum absolute atomic E-state index is 10.4. The van der Waals surface area contributed by atoms with Crippen LogP contribution in [-0.4, -0.2) is 36.4 Å². The molecule has 0 saturated heterocycles. The van der Waals surface area contributed by atoms with Crippen LogP contribution in [0.25, 0.3) is 0 Å². The Morgan fingerprint density at radius 2 is 1.15 bits per heavy atom. The highest BCUT2D eigenvalue weighted by Gasteiger charge is 2.27. The molecular formula is C5H10O6S2. The summed E-state index contributed by atoms with van der Waals surface area (Å²) in [4.78, 5) is 0. The van der Waals surface area contributed by atoms with E-state index in [0.717, 1.165) is 13.8 Å². The van der Waals surface area contributed by atoms with E-state index >= 15 is 0 Å². The van der Waals surface area contributed by atoms with Crippen LogP contribution in [0.5, 0.6) is 0 Å². The van der Waals surface area contributed by atoms with Crippen molar-refractivity contribution in [2.24, 2.45) is 0 Å². The zero-order valence-electron chi connectivity index (χ0n) is 7.00. The quantitative estimate of drug-likeness (QED) is 0.637. The van der Waals surface area contributed by atoms with Crippen LogP contribution in [0.3, 0.4) is 0 Å². The van der Waals surface area contributed by atoms with Crippen LogP contribution in [0.4, 0.5) is 0 Å². The van der Waals surface area contributed by atoms with E-state index in [1.54, 1.807) is 0 Å². The summed E-state index contributed by atoms with van der Waals surface area (Å²) in [5.41, 5.74) is 0. The third kappa shape index (κ3) is 4.55. The van der Waals surface area contributed by atoms with Gasteiger partial charge < -0.3 is 0 Å². The van der Waals surface area contributed by atoms with E-state index < -0.39 is 30.7 Å². The molecule has 0 bridgehead atoms. The second kappa shape index (κ2) is 3.91. The summed E-state index contributed by atoms with van der Waals surface area (Å²) in [6, 6.07) is 0. The molecular weight excluding hydrogens is 220 g/mol. The van der Waals surface area contributed by atoms with Gasteiger partial charge in [-0.15, -0.1) is 0 Å². The van der Waals surface area contributed by atoms with Crippen molar-refractivity contribution in [2.75, 3.05) is 0 Å². The second-order valence-electron chi connectivity index (χ2n) is 2.48. The zero-order valence-corrected chi connectivity index (χ0v) is 8.63. The molecule has 0 fully saturated rings. The first-order valence-corrected chi connectivity index (χ1v) is 6.24. The minimum Gasteiger partial charge on any atom is -0.285 e. The standard InChI is InChI=1S/C5H10O6S2/c1-4(12(6,7)8)3-5(2)13(9,10)11/h4-5H,1-2H3,(H,6,7,8)(H,9,10,11). The van der Waals surface area contributed by atoms with E-state index in [4.69, 9.17) is 9.11 Å². The predicted molar refractivity (Wildman–Crippen MR) is 45.3 cm³/mol. The predicted octanol–water partition coefficient (Wildman–Crippen LogP) is -0.380. The topological polar surface area (TPSA) is 109 Å². The minimum atomic E-state index is -4.34. The van der Waals surface area contributed by atoms with E-state index in [-0.39, 0.29) is 0 Å². The summed E-state index contributed by atoms with van der Waals surface area (Å²) in [5.74, 6) is 0. The van der Waals surface area contributed by atoms with Crippen molar-refractivity contribution >= 4 is 20.2 Å². The van der Waals surface area contributed by atoms with E-state index in [0.29, 0.717) is 0 Å². The molecule has 0 rings (SSSR count). The molecule has 0 aromatic heterocycles. The fourth-order valence-corrected chi connectivity index (χ4v) is 1.34. The molecule has 2 N–H and O–H groups in total. The van der Waals surface area contributed by atoms with Gasteiger partial charge in [0.2, 0.25) is 0 Å². The van der Waals surface area contributed by atoms with E-state index in [9.17, 15) is 16.8 Å². The fourth-order valence-electron chi connectivity index (χ4n) is 0.502. The van der Waals surface area contributed by atoms with Crippen LogP contribution < -0.4 is 0 Å². The lowest BCUT2D eigenvalue weighted by molar-refractivity contribution is 0.467. The van der Waals surface area contributed by atoms with Gasteiger partial charge in [0.05, 0.1) is 10.5 Å². The molecule has 0 aromatic carbocycles. The molecule has 0 spiro atoms. The first-order valence-electron chi connectivity index (χ1n) is 3.24. The lowest BCUT2D eigenvalue weighted by Crippen LogP contribution is -2.27. The van der Waals surface area contributed by atoms with Gasteiger partial charge in [0.25, 0.3) is 20.2 Å². The van der Waals surface area contributed by atoms with Gasteiger partial charge in [-0.2, -0.15) is 16.8 Å². The van der Waals surface area contributed by atoms with Gasteiger partial charge in [-0.25, -0.2) is 0 Å². The highest BCUT2D eigenvalue weighted by Crippen LogP contribution is 2.10. The Bertz CT molecular complexity index is 316.